The monoisotopic (exact) mass is 453 g/mol. The van der Waals surface area contributed by atoms with E-state index >= 15 is 0 Å². The number of hydrogen-bond donors (Lipinski definition) is 1. The highest BCUT2D eigenvalue weighted by Gasteiger charge is 2.47. The Kier molecular flexibility index (Phi) is 5.25. The average Bonchev–Trinajstić information content (AvgIpc) is 3.30. The summed E-state index contributed by atoms with van der Waals surface area (Å²) < 4.78 is 6.92. The predicted molar refractivity (Wildman–Crippen MR) is 106 cm³/mol. The van der Waals surface area contributed by atoms with E-state index in [0.29, 0.717) is 11.6 Å². The van der Waals surface area contributed by atoms with Gasteiger partial charge < -0.3 is 9.84 Å². The maximum atomic E-state index is 11.0. The highest BCUT2D eigenvalue weighted by Crippen LogP contribution is 2.48. The van der Waals surface area contributed by atoms with Gasteiger partial charge in [-0.15, -0.1) is 21.6 Å². The Bertz CT molecular complexity index is 835. The zero-order valence-electron chi connectivity index (χ0n) is 13.8. The Morgan fingerprint density at radius 2 is 2.12 bits per heavy atom. The molecule has 3 unspecified atom stereocenters. The van der Waals surface area contributed by atoms with Crippen LogP contribution in [0.5, 0.6) is 0 Å². The van der Waals surface area contributed by atoms with Crippen molar-refractivity contribution in [3.8, 4) is 0 Å². The predicted octanol–water partition coefficient (Wildman–Crippen LogP) is 5.46. The molecular formula is C18H17BrClN3O2S. The van der Waals surface area contributed by atoms with E-state index in [4.69, 9.17) is 16.3 Å². The Morgan fingerprint density at radius 1 is 1.31 bits per heavy atom. The highest BCUT2D eigenvalue weighted by atomic mass is 79.9. The normalized spacial score (nSPS) is 26.3. The van der Waals surface area contributed by atoms with Crippen LogP contribution in [-0.2, 0) is 10.4 Å². The van der Waals surface area contributed by atoms with E-state index in [-0.39, 0.29) is 6.10 Å². The van der Waals surface area contributed by atoms with Crippen molar-refractivity contribution in [1.29, 1.82) is 0 Å². The summed E-state index contributed by atoms with van der Waals surface area (Å²) in [6, 6.07) is 9.12. The quantitative estimate of drug-likeness (QED) is 0.666. The lowest BCUT2D eigenvalue weighted by Gasteiger charge is -2.34. The van der Waals surface area contributed by atoms with Crippen LogP contribution in [0.2, 0.25) is 5.02 Å². The molecule has 2 aliphatic heterocycles. The van der Waals surface area contributed by atoms with E-state index in [9.17, 15) is 5.11 Å². The average molecular weight is 455 g/mol. The standard InChI is InChI=1S/C18H17BrClN3O2S/c19-15-9-13(16(24)11-4-6-12(20)7-5-11)17(26-15)18(21-10-22-23-18)14-3-1-2-8-25-14/h4-7,9-10,14,16,24H,1-3,8H2. The lowest BCUT2D eigenvalue weighted by molar-refractivity contribution is -0.0311. The third-order valence-corrected chi connectivity index (χ3v) is 6.71. The zero-order chi connectivity index (χ0) is 18.1. The maximum Gasteiger partial charge on any atom is 0.233 e. The van der Waals surface area contributed by atoms with Crippen molar-refractivity contribution in [2.45, 2.75) is 37.1 Å². The third-order valence-electron chi connectivity index (χ3n) is 4.69. The summed E-state index contributed by atoms with van der Waals surface area (Å²) in [6.07, 6.45) is 3.46. The summed E-state index contributed by atoms with van der Waals surface area (Å²) in [6.45, 7) is 0.694. The van der Waals surface area contributed by atoms with Crippen LogP contribution in [0.25, 0.3) is 0 Å². The Labute approximate surface area is 168 Å². The molecule has 1 fully saturated rings. The molecule has 0 radical (unpaired) electrons. The topological polar surface area (TPSA) is 66.5 Å². The molecule has 3 atom stereocenters. The van der Waals surface area contributed by atoms with Crippen LogP contribution in [0, 0.1) is 0 Å². The van der Waals surface area contributed by atoms with Crippen molar-refractivity contribution >= 4 is 45.2 Å². The number of benzene rings is 1. The molecular weight excluding hydrogens is 438 g/mol. The first-order chi connectivity index (χ1) is 12.6. The van der Waals surface area contributed by atoms with Crippen molar-refractivity contribution < 1.29 is 9.84 Å². The summed E-state index contributed by atoms with van der Waals surface area (Å²) in [5.74, 6) is 0. The van der Waals surface area contributed by atoms with E-state index in [1.54, 1.807) is 12.1 Å². The molecule has 26 heavy (non-hydrogen) atoms. The smallest absolute Gasteiger partial charge is 0.233 e. The number of aliphatic hydroxyl groups excluding tert-OH is 1. The molecule has 5 nitrogen and oxygen atoms in total. The van der Waals surface area contributed by atoms with Crippen molar-refractivity contribution in [2.24, 2.45) is 15.2 Å². The molecule has 0 aliphatic carbocycles. The Balaban J connectivity index is 1.77. The van der Waals surface area contributed by atoms with Gasteiger partial charge in [0, 0.05) is 17.2 Å². The second-order valence-corrected chi connectivity index (χ2v) is 9.20. The SMILES string of the molecule is OC(c1ccc(Cl)cc1)c1cc(Br)sc1C1(C2CCCCO2)N=CN=N1. The van der Waals surface area contributed by atoms with Crippen LogP contribution >= 0.6 is 38.9 Å². The molecule has 136 valence electrons. The minimum Gasteiger partial charge on any atom is -0.384 e. The lowest BCUT2D eigenvalue weighted by Crippen LogP contribution is -2.39. The molecule has 0 saturated carbocycles. The number of aliphatic hydroxyl groups is 1. The molecule has 2 aliphatic rings. The van der Waals surface area contributed by atoms with Gasteiger partial charge in [0.05, 0.1) is 8.66 Å². The van der Waals surface area contributed by atoms with E-state index in [1.165, 1.54) is 17.7 Å². The third kappa shape index (κ3) is 3.27. The van der Waals surface area contributed by atoms with Gasteiger partial charge in [-0.05, 0) is 59.0 Å². The molecule has 0 spiro atoms. The molecule has 0 bridgehead atoms. The minimum absolute atomic E-state index is 0.180. The van der Waals surface area contributed by atoms with E-state index in [2.05, 4.69) is 31.2 Å². The minimum atomic E-state index is -0.917. The molecule has 1 saturated heterocycles. The first-order valence-electron chi connectivity index (χ1n) is 8.41. The number of aliphatic imine (C=N–C) groups is 1. The fraction of sp³-hybridized carbons (Fsp3) is 0.389. The van der Waals surface area contributed by atoms with Crippen LogP contribution in [0.1, 0.15) is 41.4 Å². The van der Waals surface area contributed by atoms with Gasteiger partial charge in [0.25, 0.3) is 0 Å². The van der Waals surface area contributed by atoms with Gasteiger partial charge in [0.2, 0.25) is 5.66 Å². The van der Waals surface area contributed by atoms with Gasteiger partial charge in [0.15, 0.2) is 0 Å². The van der Waals surface area contributed by atoms with E-state index in [1.807, 2.05) is 18.2 Å². The summed E-state index contributed by atoms with van der Waals surface area (Å²) in [4.78, 5) is 5.46. The van der Waals surface area contributed by atoms with Crippen LogP contribution in [0.4, 0.5) is 0 Å². The largest absolute Gasteiger partial charge is 0.384 e. The van der Waals surface area contributed by atoms with Gasteiger partial charge >= 0.3 is 0 Å². The first-order valence-corrected chi connectivity index (χ1v) is 10.4. The number of ether oxygens (including phenoxy) is 1. The summed E-state index contributed by atoms with van der Waals surface area (Å²) in [5, 5.41) is 20.1. The van der Waals surface area contributed by atoms with Gasteiger partial charge in [0.1, 0.15) is 18.5 Å². The van der Waals surface area contributed by atoms with Gasteiger partial charge in [-0.2, -0.15) is 0 Å². The van der Waals surface area contributed by atoms with E-state index in [0.717, 1.165) is 39.1 Å². The summed E-state index contributed by atoms with van der Waals surface area (Å²) in [5.41, 5.74) is 0.607. The number of thiophene rings is 1. The van der Waals surface area contributed by atoms with E-state index < -0.39 is 11.8 Å². The molecule has 3 heterocycles. The fourth-order valence-corrected chi connectivity index (χ4v) is 5.30. The van der Waals surface area contributed by atoms with Crippen LogP contribution in [-0.4, -0.2) is 24.2 Å². The molecule has 0 amide bonds. The second-order valence-electron chi connectivity index (χ2n) is 6.33. The first kappa shape index (κ1) is 18.3. The number of azo groups is 1. The molecule has 4 rings (SSSR count). The van der Waals surface area contributed by atoms with Crippen molar-refractivity contribution in [3.63, 3.8) is 0 Å². The molecule has 2 aromatic rings. The molecule has 1 aromatic carbocycles. The van der Waals surface area contributed by atoms with Crippen LogP contribution in [0.15, 0.2) is 49.3 Å². The second kappa shape index (κ2) is 7.48. The maximum absolute atomic E-state index is 11.0. The summed E-state index contributed by atoms with van der Waals surface area (Å²) >= 11 is 11.0. The van der Waals surface area contributed by atoms with Crippen LogP contribution < -0.4 is 0 Å². The lowest BCUT2D eigenvalue weighted by atomic mass is 9.90. The van der Waals surface area contributed by atoms with Crippen LogP contribution in [0.3, 0.4) is 0 Å². The Morgan fingerprint density at radius 3 is 2.77 bits per heavy atom. The summed E-state index contributed by atoms with van der Waals surface area (Å²) in [7, 11) is 0. The van der Waals surface area contributed by atoms with Gasteiger partial charge in [-0.25, -0.2) is 4.99 Å². The highest BCUT2D eigenvalue weighted by molar-refractivity contribution is 9.11. The van der Waals surface area contributed by atoms with Gasteiger partial charge in [-0.1, -0.05) is 23.7 Å². The number of nitrogens with zero attached hydrogens (tertiary/aromatic N) is 3. The Hall–Kier alpha value is -1.12. The fourth-order valence-electron chi connectivity index (χ4n) is 3.40. The molecule has 8 heteroatoms. The van der Waals surface area contributed by atoms with Gasteiger partial charge in [-0.3, -0.25) is 0 Å². The number of hydrogen-bond acceptors (Lipinski definition) is 6. The molecule has 1 aromatic heterocycles. The number of rotatable bonds is 4. The number of halogens is 2. The zero-order valence-corrected chi connectivity index (χ0v) is 17.0. The van der Waals surface area contributed by atoms with Crippen molar-refractivity contribution in [1.82, 2.24) is 0 Å². The molecule has 1 N–H and O–H groups in total. The van der Waals surface area contributed by atoms with Crippen molar-refractivity contribution in [3.05, 3.63) is 55.1 Å². The van der Waals surface area contributed by atoms with Crippen molar-refractivity contribution in [2.75, 3.05) is 6.61 Å².